The molecule has 9 heteroatoms. The molecule has 1 fully saturated rings. The fraction of sp³-hybridized carbons (Fsp3) is 0.583. The van der Waals surface area contributed by atoms with Gasteiger partial charge in [0, 0.05) is 0 Å². The number of ether oxygens (including phenoxy) is 1. The van der Waals surface area contributed by atoms with Crippen molar-refractivity contribution in [2.45, 2.75) is 44.3 Å². The van der Waals surface area contributed by atoms with Crippen molar-refractivity contribution in [2.24, 2.45) is 0 Å². The van der Waals surface area contributed by atoms with Gasteiger partial charge in [-0.25, -0.2) is 4.98 Å². The van der Waals surface area contributed by atoms with Gasteiger partial charge in [-0.15, -0.1) is 0 Å². The van der Waals surface area contributed by atoms with E-state index in [1.165, 1.54) is 10.9 Å². The lowest BCUT2D eigenvalue weighted by molar-refractivity contribution is -0.0370. The summed E-state index contributed by atoms with van der Waals surface area (Å²) in [5, 5.41) is 20.1. The molecule has 0 aliphatic carbocycles. The number of aliphatic hydroxyl groups excluding tert-OH is 2. The van der Waals surface area contributed by atoms with Crippen LogP contribution in [-0.2, 0) is 4.74 Å². The molecule has 0 saturated carbocycles. The first-order valence-electron chi connectivity index (χ1n) is 6.70. The number of aliphatic hydroxyl groups is 2. The first-order valence-corrected chi connectivity index (χ1v) is 6.70. The minimum Gasteiger partial charge on any atom is -0.388 e. The molecule has 1 unspecified atom stereocenters. The van der Waals surface area contributed by atoms with Gasteiger partial charge in [0.05, 0.1) is 12.4 Å². The van der Waals surface area contributed by atoms with Gasteiger partial charge in [0.1, 0.15) is 12.2 Å². The maximum Gasteiger partial charge on any atom is 0.312 e. The number of rotatable bonds is 3. The number of halogens is 1. The highest BCUT2D eigenvalue weighted by Crippen LogP contribution is 2.33. The molecule has 0 aromatic carbocycles. The van der Waals surface area contributed by atoms with E-state index in [-0.39, 0.29) is 17.0 Å². The van der Waals surface area contributed by atoms with E-state index in [1.54, 1.807) is 0 Å². The third kappa shape index (κ3) is 2.23. The molecule has 0 spiro atoms. The number of hydrogen-bond acceptors (Lipinski definition) is 7. The van der Waals surface area contributed by atoms with Gasteiger partial charge in [-0.2, -0.15) is 14.4 Å². The summed E-state index contributed by atoms with van der Waals surface area (Å²) >= 11 is 0. The highest BCUT2D eigenvalue weighted by Gasteiger charge is 2.43. The van der Waals surface area contributed by atoms with Crippen molar-refractivity contribution in [3.05, 3.63) is 12.4 Å². The van der Waals surface area contributed by atoms with E-state index in [1.807, 2.05) is 6.92 Å². The molecule has 0 radical (unpaired) electrons. The molecule has 3 rings (SSSR count). The topological polar surface area (TPSA) is 119 Å². The molecule has 21 heavy (non-hydrogen) atoms. The Balaban J connectivity index is 2.01. The van der Waals surface area contributed by atoms with E-state index in [2.05, 4.69) is 15.0 Å². The van der Waals surface area contributed by atoms with Crippen LogP contribution in [0, 0.1) is 6.08 Å². The van der Waals surface area contributed by atoms with Crippen LogP contribution >= 0.6 is 0 Å². The van der Waals surface area contributed by atoms with Gasteiger partial charge in [-0.3, -0.25) is 4.57 Å². The van der Waals surface area contributed by atoms with Crippen molar-refractivity contribution in [2.75, 3.05) is 5.73 Å². The highest BCUT2D eigenvalue weighted by atomic mass is 19.1. The summed E-state index contributed by atoms with van der Waals surface area (Å²) in [5.74, 6) is -0.0885. The summed E-state index contributed by atoms with van der Waals surface area (Å²) < 4.78 is 20.3. The van der Waals surface area contributed by atoms with Crippen LogP contribution in [0.15, 0.2) is 6.33 Å². The smallest absolute Gasteiger partial charge is 0.312 e. The SMILES string of the molecule is CCC[C@H]1OC(n2cnc3c(N)nc(F)nc32)[C@@H](O)[C@H]1O. The summed E-state index contributed by atoms with van der Waals surface area (Å²) in [6.07, 6.45) is -1.80. The number of nitrogens with two attached hydrogens (primary N) is 1. The number of aromatic nitrogens is 4. The molecular formula is C12H16FN5O3. The van der Waals surface area contributed by atoms with Gasteiger partial charge in [0.2, 0.25) is 0 Å². The molecule has 4 N–H and O–H groups in total. The lowest BCUT2D eigenvalue weighted by atomic mass is 10.1. The number of imidazole rings is 1. The van der Waals surface area contributed by atoms with Crippen LogP contribution in [0.25, 0.3) is 11.2 Å². The molecule has 2 aromatic rings. The number of nitrogen functional groups attached to an aromatic ring is 1. The van der Waals surface area contributed by atoms with Crippen LogP contribution in [0.4, 0.5) is 10.2 Å². The standard InChI is InChI=1S/C12H16FN5O3/c1-2-3-5-7(19)8(20)11(21-5)18-4-15-6-9(14)16-12(13)17-10(6)18/h4-5,7-8,11,19-20H,2-3H2,1H3,(H2,14,16,17)/t5-,7+,8+,11?/m1/s1. The summed E-state index contributed by atoms with van der Waals surface area (Å²) in [5.41, 5.74) is 5.93. The highest BCUT2D eigenvalue weighted by molar-refractivity contribution is 5.81. The molecule has 0 bridgehead atoms. The average molecular weight is 297 g/mol. The van der Waals surface area contributed by atoms with Crippen LogP contribution in [-0.4, -0.2) is 48.0 Å². The summed E-state index contributed by atoms with van der Waals surface area (Å²) in [4.78, 5) is 11.0. The maximum absolute atomic E-state index is 13.3. The van der Waals surface area contributed by atoms with Crippen molar-refractivity contribution in [3.8, 4) is 0 Å². The lowest BCUT2D eigenvalue weighted by Crippen LogP contribution is -2.31. The van der Waals surface area contributed by atoms with Gasteiger partial charge in [-0.1, -0.05) is 13.3 Å². The van der Waals surface area contributed by atoms with Crippen LogP contribution in [0.2, 0.25) is 0 Å². The second kappa shape index (κ2) is 5.17. The zero-order valence-corrected chi connectivity index (χ0v) is 11.3. The average Bonchev–Trinajstić information content (AvgIpc) is 2.96. The summed E-state index contributed by atoms with van der Waals surface area (Å²) in [7, 11) is 0. The van der Waals surface area contributed by atoms with Gasteiger partial charge in [0.15, 0.2) is 23.2 Å². The Kier molecular flexibility index (Phi) is 3.47. The first kappa shape index (κ1) is 14.1. The minimum absolute atomic E-state index is 0.0885. The Hall–Kier alpha value is -1.84. The fourth-order valence-electron chi connectivity index (χ4n) is 2.58. The van der Waals surface area contributed by atoms with E-state index < -0.39 is 30.6 Å². The molecule has 1 saturated heterocycles. The fourth-order valence-corrected chi connectivity index (χ4v) is 2.58. The van der Waals surface area contributed by atoms with Crippen LogP contribution < -0.4 is 5.73 Å². The number of anilines is 1. The largest absolute Gasteiger partial charge is 0.388 e. The maximum atomic E-state index is 13.3. The van der Waals surface area contributed by atoms with Gasteiger partial charge >= 0.3 is 6.08 Å². The van der Waals surface area contributed by atoms with Crippen LogP contribution in [0.5, 0.6) is 0 Å². The zero-order valence-electron chi connectivity index (χ0n) is 11.3. The van der Waals surface area contributed by atoms with Crippen molar-refractivity contribution in [3.63, 3.8) is 0 Å². The first-order chi connectivity index (χ1) is 10.0. The molecule has 0 amide bonds. The Morgan fingerprint density at radius 3 is 2.86 bits per heavy atom. The minimum atomic E-state index is -1.15. The Morgan fingerprint density at radius 1 is 1.38 bits per heavy atom. The third-order valence-electron chi connectivity index (χ3n) is 3.61. The number of hydrogen-bond donors (Lipinski definition) is 3. The van der Waals surface area contributed by atoms with Crippen molar-refractivity contribution >= 4 is 17.0 Å². The molecule has 2 aromatic heterocycles. The quantitative estimate of drug-likeness (QED) is 0.680. The van der Waals surface area contributed by atoms with Gasteiger partial charge in [-0.05, 0) is 6.42 Å². The molecule has 1 aliphatic heterocycles. The monoisotopic (exact) mass is 297 g/mol. The number of fused-ring (bicyclic) bond motifs is 1. The Labute approximate surface area is 119 Å². The van der Waals surface area contributed by atoms with Gasteiger partial charge in [0.25, 0.3) is 0 Å². The van der Waals surface area contributed by atoms with E-state index in [0.717, 1.165) is 6.42 Å². The molecule has 4 atom stereocenters. The lowest BCUT2D eigenvalue weighted by Gasteiger charge is -2.16. The van der Waals surface area contributed by atoms with Crippen molar-refractivity contribution in [1.29, 1.82) is 0 Å². The molecule has 114 valence electrons. The van der Waals surface area contributed by atoms with Crippen molar-refractivity contribution in [1.82, 2.24) is 19.5 Å². The van der Waals surface area contributed by atoms with Crippen LogP contribution in [0.1, 0.15) is 26.0 Å². The zero-order chi connectivity index (χ0) is 15.1. The second-order valence-corrected chi connectivity index (χ2v) is 5.04. The molecule has 1 aliphatic rings. The summed E-state index contributed by atoms with van der Waals surface area (Å²) in [6, 6.07) is 0. The Bertz CT molecular complexity index is 664. The molecule has 8 nitrogen and oxygen atoms in total. The van der Waals surface area contributed by atoms with Crippen molar-refractivity contribution < 1.29 is 19.3 Å². The van der Waals surface area contributed by atoms with Crippen LogP contribution in [0.3, 0.4) is 0 Å². The second-order valence-electron chi connectivity index (χ2n) is 5.04. The van der Waals surface area contributed by atoms with E-state index in [4.69, 9.17) is 10.5 Å². The van der Waals surface area contributed by atoms with E-state index in [0.29, 0.717) is 6.42 Å². The predicted octanol–water partition coefficient (Wildman–Crippen LogP) is -0.0331. The number of nitrogens with zero attached hydrogens (tertiary/aromatic N) is 4. The van der Waals surface area contributed by atoms with E-state index in [9.17, 15) is 14.6 Å². The van der Waals surface area contributed by atoms with E-state index >= 15 is 0 Å². The predicted molar refractivity (Wildman–Crippen MR) is 70.5 cm³/mol. The Morgan fingerprint density at radius 2 is 2.14 bits per heavy atom. The summed E-state index contributed by atoms with van der Waals surface area (Å²) in [6.45, 7) is 1.95. The molecular weight excluding hydrogens is 281 g/mol. The molecule has 3 heterocycles. The third-order valence-corrected chi connectivity index (χ3v) is 3.61. The van der Waals surface area contributed by atoms with Gasteiger partial charge < -0.3 is 20.7 Å². The normalized spacial score (nSPS) is 29.3.